The van der Waals surface area contributed by atoms with Crippen molar-refractivity contribution in [3.05, 3.63) is 28.5 Å². The fourth-order valence-corrected chi connectivity index (χ4v) is 2.37. The van der Waals surface area contributed by atoms with Crippen molar-refractivity contribution < 1.29 is 4.79 Å². The van der Waals surface area contributed by atoms with E-state index in [0.29, 0.717) is 16.6 Å². The van der Waals surface area contributed by atoms with E-state index in [2.05, 4.69) is 4.98 Å². The van der Waals surface area contributed by atoms with Crippen molar-refractivity contribution >= 4 is 17.5 Å². The van der Waals surface area contributed by atoms with Gasteiger partial charge in [0.25, 0.3) is 5.91 Å². The number of halogens is 1. The lowest BCUT2D eigenvalue weighted by molar-refractivity contribution is 0.0745. The molecule has 0 spiro atoms. The summed E-state index contributed by atoms with van der Waals surface area (Å²) in [5.74, 6) is 0.714. The Labute approximate surface area is 107 Å². The van der Waals surface area contributed by atoms with Crippen molar-refractivity contribution in [2.45, 2.75) is 26.2 Å². The number of hydrogen-bond donors (Lipinski definition) is 0. The number of aryl methyl sites for hydroxylation is 1. The van der Waals surface area contributed by atoms with Gasteiger partial charge in [-0.2, -0.15) is 0 Å². The quantitative estimate of drug-likeness (QED) is 0.775. The minimum atomic E-state index is 0.0318. The predicted octanol–water partition coefficient (Wildman–Crippen LogP) is 2.92. The van der Waals surface area contributed by atoms with Crippen LogP contribution in [0.1, 0.15) is 35.3 Å². The van der Waals surface area contributed by atoms with Gasteiger partial charge in [-0.1, -0.05) is 18.0 Å². The van der Waals surface area contributed by atoms with E-state index < -0.39 is 0 Å². The number of nitrogens with zero attached hydrogens (tertiary/aromatic N) is 2. The fourth-order valence-electron chi connectivity index (χ4n) is 2.12. The van der Waals surface area contributed by atoms with Crippen molar-refractivity contribution in [1.29, 1.82) is 0 Å². The van der Waals surface area contributed by atoms with Crippen LogP contribution in [0.4, 0.5) is 0 Å². The molecule has 92 valence electrons. The zero-order chi connectivity index (χ0) is 12.4. The molecule has 1 fully saturated rings. The van der Waals surface area contributed by atoms with Crippen molar-refractivity contribution in [2.24, 2.45) is 5.92 Å². The van der Waals surface area contributed by atoms with Gasteiger partial charge < -0.3 is 4.90 Å². The largest absolute Gasteiger partial charge is 0.341 e. The molecule has 1 aromatic heterocycles. The summed E-state index contributed by atoms with van der Waals surface area (Å²) in [4.78, 5) is 18.0. The van der Waals surface area contributed by atoms with E-state index in [1.54, 1.807) is 17.0 Å². The number of pyridine rings is 1. The molecule has 1 aliphatic rings. The van der Waals surface area contributed by atoms with E-state index >= 15 is 0 Å². The van der Waals surface area contributed by atoms with Gasteiger partial charge in [0.15, 0.2) is 0 Å². The predicted molar refractivity (Wildman–Crippen MR) is 68.3 cm³/mol. The molecule has 4 heteroatoms. The van der Waals surface area contributed by atoms with Gasteiger partial charge in [0.05, 0.1) is 0 Å². The van der Waals surface area contributed by atoms with E-state index in [1.807, 2.05) is 14.0 Å². The monoisotopic (exact) mass is 252 g/mol. The third-order valence-corrected chi connectivity index (χ3v) is 3.47. The number of carbonyl (C=O) groups is 1. The number of carbonyl (C=O) groups excluding carboxylic acids is 1. The Morgan fingerprint density at radius 1 is 1.53 bits per heavy atom. The first-order valence-corrected chi connectivity index (χ1v) is 6.33. The fraction of sp³-hybridized carbons (Fsp3) is 0.538. The van der Waals surface area contributed by atoms with E-state index in [4.69, 9.17) is 11.6 Å². The van der Waals surface area contributed by atoms with Crippen LogP contribution in [0, 0.1) is 12.8 Å². The molecule has 1 heterocycles. The van der Waals surface area contributed by atoms with Crippen LogP contribution in [0.25, 0.3) is 0 Å². The Kier molecular flexibility index (Phi) is 3.67. The smallest absolute Gasteiger partial charge is 0.253 e. The third-order valence-electron chi connectivity index (χ3n) is 3.27. The van der Waals surface area contributed by atoms with Crippen LogP contribution >= 0.6 is 11.6 Å². The lowest BCUT2D eigenvalue weighted by Gasteiger charge is -2.30. The minimum Gasteiger partial charge on any atom is -0.341 e. The van der Waals surface area contributed by atoms with Crippen LogP contribution in [0.3, 0.4) is 0 Å². The second-order valence-corrected chi connectivity index (χ2v) is 5.19. The molecule has 3 nitrogen and oxygen atoms in total. The zero-order valence-electron chi connectivity index (χ0n) is 10.2. The summed E-state index contributed by atoms with van der Waals surface area (Å²) >= 11 is 5.86. The van der Waals surface area contributed by atoms with Crippen LogP contribution in [0.2, 0.25) is 5.15 Å². The number of rotatable bonds is 3. The van der Waals surface area contributed by atoms with Gasteiger partial charge in [0.1, 0.15) is 5.15 Å². The van der Waals surface area contributed by atoms with Crippen molar-refractivity contribution in [3.8, 4) is 0 Å². The second-order valence-electron chi connectivity index (χ2n) is 4.80. The maximum Gasteiger partial charge on any atom is 0.253 e. The van der Waals surface area contributed by atoms with Gasteiger partial charge in [-0.3, -0.25) is 4.79 Å². The summed E-state index contributed by atoms with van der Waals surface area (Å²) < 4.78 is 0. The molecule has 2 rings (SSSR count). The maximum atomic E-state index is 12.2. The van der Waals surface area contributed by atoms with E-state index in [-0.39, 0.29) is 5.91 Å². The highest BCUT2D eigenvalue weighted by Gasteiger charge is 2.22. The Bertz CT molecular complexity index is 409. The Balaban J connectivity index is 2.06. The van der Waals surface area contributed by atoms with Crippen molar-refractivity contribution in [1.82, 2.24) is 9.88 Å². The molecule has 0 saturated heterocycles. The third kappa shape index (κ3) is 2.97. The Hall–Kier alpha value is -1.09. The number of aromatic nitrogens is 1. The first-order chi connectivity index (χ1) is 8.06. The molecule has 1 aromatic rings. The Morgan fingerprint density at radius 2 is 2.24 bits per heavy atom. The molecule has 0 aliphatic heterocycles. The SMILES string of the molecule is Cc1cc(C(=O)N(C)CC2CCC2)cc(Cl)n1. The molecule has 0 radical (unpaired) electrons. The number of amides is 1. The van der Waals surface area contributed by atoms with E-state index in [1.165, 1.54) is 19.3 Å². The minimum absolute atomic E-state index is 0.0318. The second kappa shape index (κ2) is 5.05. The summed E-state index contributed by atoms with van der Waals surface area (Å²) in [5.41, 5.74) is 1.40. The van der Waals surface area contributed by atoms with Gasteiger partial charge in [-0.05, 0) is 37.8 Å². The van der Waals surface area contributed by atoms with Gasteiger partial charge in [-0.25, -0.2) is 4.98 Å². The molecule has 0 atom stereocenters. The highest BCUT2D eigenvalue weighted by atomic mass is 35.5. The van der Waals surface area contributed by atoms with Crippen LogP contribution < -0.4 is 0 Å². The summed E-state index contributed by atoms with van der Waals surface area (Å²) in [5, 5.41) is 0.380. The number of hydrogen-bond acceptors (Lipinski definition) is 2. The lowest BCUT2D eigenvalue weighted by atomic mass is 9.85. The van der Waals surface area contributed by atoms with Gasteiger partial charge >= 0.3 is 0 Å². The van der Waals surface area contributed by atoms with Crippen LogP contribution in [0.15, 0.2) is 12.1 Å². The van der Waals surface area contributed by atoms with Crippen LogP contribution in [-0.2, 0) is 0 Å². The molecule has 0 aromatic carbocycles. The van der Waals surface area contributed by atoms with Crippen molar-refractivity contribution in [2.75, 3.05) is 13.6 Å². The average molecular weight is 253 g/mol. The molecular formula is C13H17ClN2O. The summed E-state index contributed by atoms with van der Waals surface area (Å²) in [6.07, 6.45) is 3.79. The molecule has 0 bridgehead atoms. The van der Waals surface area contributed by atoms with Crippen LogP contribution in [-0.4, -0.2) is 29.4 Å². The molecule has 1 aliphatic carbocycles. The first-order valence-electron chi connectivity index (χ1n) is 5.96. The molecular weight excluding hydrogens is 236 g/mol. The lowest BCUT2D eigenvalue weighted by Crippen LogP contribution is -2.34. The van der Waals surface area contributed by atoms with Crippen molar-refractivity contribution in [3.63, 3.8) is 0 Å². The van der Waals surface area contributed by atoms with Crippen LogP contribution in [0.5, 0.6) is 0 Å². The normalized spacial score (nSPS) is 15.5. The Morgan fingerprint density at radius 3 is 2.76 bits per heavy atom. The summed E-state index contributed by atoms with van der Waals surface area (Å²) in [6, 6.07) is 3.42. The van der Waals surface area contributed by atoms with E-state index in [0.717, 1.165) is 12.2 Å². The first kappa shape index (κ1) is 12.4. The summed E-state index contributed by atoms with van der Waals surface area (Å²) in [7, 11) is 1.85. The molecule has 0 unspecified atom stereocenters. The topological polar surface area (TPSA) is 33.2 Å². The molecule has 0 N–H and O–H groups in total. The van der Waals surface area contributed by atoms with E-state index in [9.17, 15) is 4.79 Å². The van der Waals surface area contributed by atoms with Gasteiger partial charge in [0.2, 0.25) is 0 Å². The highest BCUT2D eigenvalue weighted by molar-refractivity contribution is 6.29. The molecule has 17 heavy (non-hydrogen) atoms. The average Bonchev–Trinajstić information content (AvgIpc) is 2.20. The zero-order valence-corrected chi connectivity index (χ0v) is 11.0. The van der Waals surface area contributed by atoms with Gasteiger partial charge in [-0.15, -0.1) is 0 Å². The van der Waals surface area contributed by atoms with Gasteiger partial charge in [0, 0.05) is 24.8 Å². The standard InChI is InChI=1S/C13H17ClN2O/c1-9-6-11(7-12(14)15-9)13(17)16(2)8-10-4-3-5-10/h6-7,10H,3-5,8H2,1-2H3. The maximum absolute atomic E-state index is 12.2. The molecule has 1 saturated carbocycles. The summed E-state index contributed by atoms with van der Waals surface area (Å²) in [6.45, 7) is 2.69. The molecule has 1 amide bonds. The highest BCUT2D eigenvalue weighted by Crippen LogP contribution is 2.27.